The van der Waals surface area contributed by atoms with Gasteiger partial charge in [0, 0.05) is 6.04 Å². The van der Waals surface area contributed by atoms with Crippen LogP contribution < -0.4 is 5.32 Å². The van der Waals surface area contributed by atoms with Crippen LogP contribution in [0.4, 0.5) is 0 Å². The van der Waals surface area contributed by atoms with Gasteiger partial charge >= 0.3 is 5.97 Å². The Hall–Kier alpha value is -1.63. The minimum absolute atomic E-state index is 0.0486. The van der Waals surface area contributed by atoms with Gasteiger partial charge in [0.1, 0.15) is 5.69 Å². The van der Waals surface area contributed by atoms with E-state index in [0.29, 0.717) is 0 Å². The minimum Gasteiger partial charge on any atom is -0.476 e. The highest BCUT2D eigenvalue weighted by molar-refractivity contribution is 7.99. The van der Waals surface area contributed by atoms with E-state index in [1.54, 1.807) is 0 Å². The number of carboxylic acid groups (broad SMARTS) is 1. The summed E-state index contributed by atoms with van der Waals surface area (Å²) < 4.78 is 0. The summed E-state index contributed by atoms with van der Waals surface area (Å²) in [7, 11) is 0. The Morgan fingerprint density at radius 1 is 1.37 bits per heavy atom. The standard InChI is InChI=1S/C12H17N3O3S/c1-3-19-5-4-8(2)15-11(16)9-6-14-10(7-13-9)12(17)18/h6-8H,3-5H2,1-2H3,(H,15,16)(H,17,18). The van der Waals surface area contributed by atoms with Gasteiger partial charge in [-0.3, -0.25) is 4.79 Å². The van der Waals surface area contributed by atoms with Gasteiger partial charge in [-0.1, -0.05) is 6.92 Å². The van der Waals surface area contributed by atoms with Crippen molar-refractivity contribution in [2.75, 3.05) is 11.5 Å². The van der Waals surface area contributed by atoms with Gasteiger partial charge in [-0.25, -0.2) is 14.8 Å². The van der Waals surface area contributed by atoms with Crippen molar-refractivity contribution in [3.63, 3.8) is 0 Å². The van der Waals surface area contributed by atoms with E-state index < -0.39 is 5.97 Å². The molecule has 1 atom stereocenters. The van der Waals surface area contributed by atoms with Crippen LogP contribution in [0, 0.1) is 0 Å². The molecule has 1 unspecified atom stereocenters. The molecule has 6 nitrogen and oxygen atoms in total. The van der Waals surface area contributed by atoms with Gasteiger partial charge in [0.2, 0.25) is 0 Å². The quantitative estimate of drug-likeness (QED) is 0.736. The van der Waals surface area contributed by atoms with E-state index in [9.17, 15) is 9.59 Å². The Labute approximate surface area is 116 Å². The van der Waals surface area contributed by atoms with Crippen LogP contribution in [-0.2, 0) is 0 Å². The summed E-state index contributed by atoms with van der Waals surface area (Å²) in [6, 6.07) is 0.0486. The molecule has 0 aliphatic heterocycles. The molecule has 0 aromatic carbocycles. The Morgan fingerprint density at radius 2 is 2.00 bits per heavy atom. The van der Waals surface area contributed by atoms with Gasteiger partial charge in [-0.15, -0.1) is 0 Å². The summed E-state index contributed by atoms with van der Waals surface area (Å²) in [6.45, 7) is 4.01. The van der Waals surface area contributed by atoms with Crippen molar-refractivity contribution < 1.29 is 14.7 Å². The van der Waals surface area contributed by atoms with Crippen molar-refractivity contribution in [2.45, 2.75) is 26.3 Å². The maximum absolute atomic E-state index is 11.8. The van der Waals surface area contributed by atoms with E-state index in [4.69, 9.17) is 5.11 Å². The number of thioether (sulfide) groups is 1. The third-order valence-electron chi connectivity index (χ3n) is 2.38. The van der Waals surface area contributed by atoms with Gasteiger partial charge in [0.25, 0.3) is 5.91 Å². The Bertz CT molecular complexity index is 436. The number of nitrogens with zero attached hydrogens (tertiary/aromatic N) is 2. The normalized spacial score (nSPS) is 11.9. The van der Waals surface area contributed by atoms with Gasteiger partial charge in [-0.05, 0) is 24.9 Å². The Kier molecular flexibility index (Phi) is 6.27. The maximum Gasteiger partial charge on any atom is 0.356 e. The summed E-state index contributed by atoms with van der Waals surface area (Å²) in [5.74, 6) is 0.549. The zero-order valence-electron chi connectivity index (χ0n) is 10.9. The smallest absolute Gasteiger partial charge is 0.356 e. The molecule has 0 aliphatic rings. The Morgan fingerprint density at radius 3 is 2.53 bits per heavy atom. The van der Waals surface area contributed by atoms with Crippen LogP contribution in [0.15, 0.2) is 12.4 Å². The number of hydrogen-bond acceptors (Lipinski definition) is 5. The topological polar surface area (TPSA) is 92.2 Å². The SMILES string of the molecule is CCSCCC(C)NC(=O)c1cnc(C(=O)O)cn1. The molecule has 7 heteroatoms. The van der Waals surface area contributed by atoms with E-state index in [1.165, 1.54) is 6.20 Å². The molecule has 1 heterocycles. The average molecular weight is 283 g/mol. The lowest BCUT2D eigenvalue weighted by Crippen LogP contribution is -2.33. The first-order valence-electron chi connectivity index (χ1n) is 5.98. The summed E-state index contributed by atoms with van der Waals surface area (Å²) in [6.07, 6.45) is 3.13. The van der Waals surface area contributed by atoms with E-state index in [-0.39, 0.29) is 23.3 Å². The van der Waals surface area contributed by atoms with Crippen LogP contribution in [0.5, 0.6) is 0 Å². The maximum atomic E-state index is 11.8. The van der Waals surface area contributed by atoms with E-state index in [0.717, 1.165) is 24.1 Å². The fourth-order valence-electron chi connectivity index (χ4n) is 1.33. The number of carboxylic acids is 1. The number of carbonyl (C=O) groups excluding carboxylic acids is 1. The minimum atomic E-state index is -1.16. The zero-order valence-corrected chi connectivity index (χ0v) is 11.7. The van der Waals surface area contributed by atoms with Crippen molar-refractivity contribution in [1.82, 2.24) is 15.3 Å². The molecule has 104 valence electrons. The number of carbonyl (C=O) groups is 2. The van der Waals surface area contributed by atoms with Crippen LogP contribution in [-0.4, -0.2) is 44.5 Å². The molecule has 1 aromatic rings. The summed E-state index contributed by atoms with van der Waals surface area (Å²) in [5, 5.41) is 11.5. The summed E-state index contributed by atoms with van der Waals surface area (Å²) >= 11 is 1.82. The highest BCUT2D eigenvalue weighted by Crippen LogP contribution is 2.04. The lowest BCUT2D eigenvalue weighted by Gasteiger charge is -2.12. The molecule has 0 fully saturated rings. The number of nitrogens with one attached hydrogen (secondary N) is 1. The number of hydrogen-bond donors (Lipinski definition) is 2. The van der Waals surface area contributed by atoms with Crippen molar-refractivity contribution in [3.8, 4) is 0 Å². The second kappa shape index (κ2) is 7.73. The second-order valence-electron chi connectivity index (χ2n) is 3.95. The second-order valence-corrected chi connectivity index (χ2v) is 5.35. The Balaban J connectivity index is 2.51. The molecule has 19 heavy (non-hydrogen) atoms. The van der Waals surface area contributed by atoms with Crippen LogP contribution in [0.3, 0.4) is 0 Å². The lowest BCUT2D eigenvalue weighted by molar-refractivity contribution is 0.0689. The first-order valence-corrected chi connectivity index (χ1v) is 7.14. The molecule has 1 aromatic heterocycles. The van der Waals surface area contributed by atoms with Crippen molar-refractivity contribution >= 4 is 23.6 Å². The molecule has 0 saturated heterocycles. The van der Waals surface area contributed by atoms with Gasteiger partial charge in [0.15, 0.2) is 5.69 Å². The fourth-order valence-corrected chi connectivity index (χ4v) is 2.14. The lowest BCUT2D eigenvalue weighted by atomic mass is 10.2. The molecule has 2 N–H and O–H groups in total. The predicted octanol–water partition coefficient (Wildman–Crippen LogP) is 1.44. The number of amides is 1. The summed E-state index contributed by atoms with van der Waals surface area (Å²) in [5.41, 5.74) is -0.0519. The number of aromatic carboxylic acids is 1. The van der Waals surface area contributed by atoms with Crippen LogP contribution in [0.25, 0.3) is 0 Å². The number of aromatic nitrogens is 2. The summed E-state index contributed by atoms with van der Waals surface area (Å²) in [4.78, 5) is 29.8. The third kappa shape index (κ3) is 5.25. The first-order chi connectivity index (χ1) is 9.04. The third-order valence-corrected chi connectivity index (χ3v) is 3.31. The predicted molar refractivity (Wildman–Crippen MR) is 73.5 cm³/mol. The van der Waals surface area contributed by atoms with Crippen LogP contribution >= 0.6 is 11.8 Å². The molecular weight excluding hydrogens is 266 g/mol. The largest absolute Gasteiger partial charge is 0.476 e. The zero-order chi connectivity index (χ0) is 14.3. The average Bonchev–Trinajstić information content (AvgIpc) is 2.39. The molecule has 0 radical (unpaired) electrons. The van der Waals surface area contributed by atoms with E-state index in [2.05, 4.69) is 22.2 Å². The highest BCUT2D eigenvalue weighted by Gasteiger charge is 2.12. The fraction of sp³-hybridized carbons (Fsp3) is 0.500. The molecule has 0 aliphatic carbocycles. The molecule has 0 spiro atoms. The highest BCUT2D eigenvalue weighted by atomic mass is 32.2. The van der Waals surface area contributed by atoms with E-state index in [1.807, 2.05) is 18.7 Å². The molecule has 0 saturated carbocycles. The van der Waals surface area contributed by atoms with Gasteiger partial charge in [-0.2, -0.15) is 11.8 Å². The number of rotatable bonds is 7. The van der Waals surface area contributed by atoms with Crippen molar-refractivity contribution in [1.29, 1.82) is 0 Å². The van der Waals surface area contributed by atoms with Crippen LogP contribution in [0.2, 0.25) is 0 Å². The monoisotopic (exact) mass is 283 g/mol. The van der Waals surface area contributed by atoms with E-state index >= 15 is 0 Å². The van der Waals surface area contributed by atoms with Crippen molar-refractivity contribution in [3.05, 3.63) is 23.8 Å². The molecule has 1 amide bonds. The molecule has 0 bridgehead atoms. The van der Waals surface area contributed by atoms with Crippen LogP contribution in [0.1, 0.15) is 41.2 Å². The van der Waals surface area contributed by atoms with Gasteiger partial charge < -0.3 is 10.4 Å². The van der Waals surface area contributed by atoms with Crippen molar-refractivity contribution in [2.24, 2.45) is 0 Å². The van der Waals surface area contributed by atoms with Gasteiger partial charge in [0.05, 0.1) is 12.4 Å². The first kappa shape index (κ1) is 15.4. The molecular formula is C12H17N3O3S. The molecule has 1 rings (SSSR count).